The van der Waals surface area contributed by atoms with Gasteiger partial charge in [0.2, 0.25) is 0 Å². The van der Waals surface area contributed by atoms with Crippen molar-refractivity contribution >= 4 is 0 Å². The Balaban J connectivity index is 0.000000396. The quantitative estimate of drug-likeness (QED) is 0.608. The predicted octanol–water partition coefficient (Wildman–Crippen LogP) is 3.20. The second-order valence-corrected chi connectivity index (χ2v) is 4.78. The molecule has 3 atom stereocenters. The van der Waals surface area contributed by atoms with Gasteiger partial charge in [-0.2, -0.15) is 0 Å². The Hall–Kier alpha value is -0.0400. The van der Waals surface area contributed by atoms with Crippen molar-refractivity contribution in [1.82, 2.24) is 5.32 Å². The van der Waals surface area contributed by atoms with Crippen molar-refractivity contribution in [1.29, 1.82) is 0 Å². The van der Waals surface area contributed by atoms with Crippen molar-refractivity contribution in [2.24, 2.45) is 11.8 Å². The first kappa shape index (κ1) is 11.0. The van der Waals surface area contributed by atoms with Crippen LogP contribution in [0.1, 0.15) is 53.4 Å². The maximum atomic E-state index is 3.67. The summed E-state index contributed by atoms with van der Waals surface area (Å²) in [5.74, 6) is 1.94. The van der Waals surface area contributed by atoms with Crippen LogP contribution in [0, 0.1) is 11.8 Å². The first-order chi connectivity index (χ1) is 6.20. The van der Waals surface area contributed by atoms with Gasteiger partial charge in [-0.05, 0) is 38.1 Å². The van der Waals surface area contributed by atoms with Crippen LogP contribution in [-0.2, 0) is 0 Å². The fourth-order valence-corrected chi connectivity index (χ4v) is 2.74. The zero-order valence-electron chi connectivity index (χ0n) is 9.69. The second-order valence-electron chi connectivity index (χ2n) is 4.78. The highest BCUT2D eigenvalue weighted by Gasteiger charge is 2.38. The van der Waals surface area contributed by atoms with Crippen LogP contribution in [0.25, 0.3) is 0 Å². The van der Waals surface area contributed by atoms with Crippen LogP contribution in [0.3, 0.4) is 0 Å². The summed E-state index contributed by atoms with van der Waals surface area (Å²) < 4.78 is 0. The molecule has 1 heterocycles. The van der Waals surface area contributed by atoms with Crippen LogP contribution in [0.4, 0.5) is 0 Å². The zero-order chi connectivity index (χ0) is 9.90. The van der Waals surface area contributed by atoms with Crippen LogP contribution in [0.5, 0.6) is 0 Å². The number of rotatable bonds is 0. The minimum absolute atomic E-state index is 0.509. The molecule has 78 valence electrons. The third-order valence-corrected chi connectivity index (χ3v) is 3.70. The molecule has 1 saturated carbocycles. The van der Waals surface area contributed by atoms with Gasteiger partial charge in [-0.3, -0.25) is 0 Å². The Morgan fingerprint density at radius 3 is 2.69 bits per heavy atom. The third-order valence-electron chi connectivity index (χ3n) is 3.70. The average molecular weight is 183 g/mol. The zero-order valence-corrected chi connectivity index (χ0v) is 9.69. The van der Waals surface area contributed by atoms with Gasteiger partial charge in [0, 0.05) is 5.54 Å². The molecule has 1 aliphatic carbocycles. The van der Waals surface area contributed by atoms with E-state index in [2.05, 4.69) is 19.2 Å². The summed E-state index contributed by atoms with van der Waals surface area (Å²) in [6, 6.07) is 0. The van der Waals surface area contributed by atoms with E-state index in [0.29, 0.717) is 5.54 Å². The Labute approximate surface area is 83.3 Å². The van der Waals surface area contributed by atoms with Crippen molar-refractivity contribution in [3.63, 3.8) is 0 Å². The molecule has 2 rings (SSSR count). The summed E-state index contributed by atoms with van der Waals surface area (Å²) in [5.41, 5.74) is 0.509. The normalized spacial score (nSPS) is 43.4. The van der Waals surface area contributed by atoms with E-state index >= 15 is 0 Å². The molecule has 3 unspecified atom stereocenters. The molecule has 0 aromatic carbocycles. The summed E-state index contributed by atoms with van der Waals surface area (Å²) in [6.45, 7) is 10.1. The SMILES string of the molecule is CC.CC1CCCC2(C)CC1CN2. The van der Waals surface area contributed by atoms with Gasteiger partial charge in [0.05, 0.1) is 0 Å². The van der Waals surface area contributed by atoms with Gasteiger partial charge in [0.25, 0.3) is 0 Å². The van der Waals surface area contributed by atoms with Gasteiger partial charge in [-0.25, -0.2) is 0 Å². The van der Waals surface area contributed by atoms with E-state index in [1.165, 1.54) is 32.2 Å². The van der Waals surface area contributed by atoms with Gasteiger partial charge in [-0.15, -0.1) is 0 Å². The van der Waals surface area contributed by atoms with Crippen molar-refractivity contribution in [3.05, 3.63) is 0 Å². The van der Waals surface area contributed by atoms with Crippen molar-refractivity contribution in [2.45, 2.75) is 58.9 Å². The van der Waals surface area contributed by atoms with E-state index in [0.717, 1.165) is 11.8 Å². The highest BCUT2D eigenvalue weighted by Crippen LogP contribution is 2.38. The van der Waals surface area contributed by atoms with E-state index in [9.17, 15) is 0 Å². The fraction of sp³-hybridized carbons (Fsp3) is 1.00. The van der Waals surface area contributed by atoms with E-state index in [-0.39, 0.29) is 0 Å². The Bertz CT molecular complexity index is 155. The molecule has 0 radical (unpaired) electrons. The third kappa shape index (κ3) is 2.46. The summed E-state index contributed by atoms with van der Waals surface area (Å²) in [7, 11) is 0. The van der Waals surface area contributed by atoms with E-state index in [1.807, 2.05) is 13.8 Å². The number of hydrogen-bond acceptors (Lipinski definition) is 1. The van der Waals surface area contributed by atoms with Crippen molar-refractivity contribution in [3.8, 4) is 0 Å². The molecule has 0 amide bonds. The molecular weight excluding hydrogens is 158 g/mol. The fourth-order valence-electron chi connectivity index (χ4n) is 2.74. The predicted molar refractivity (Wildman–Crippen MR) is 58.9 cm³/mol. The lowest BCUT2D eigenvalue weighted by atomic mass is 9.89. The van der Waals surface area contributed by atoms with Gasteiger partial charge in [-0.1, -0.05) is 33.6 Å². The van der Waals surface area contributed by atoms with Crippen molar-refractivity contribution < 1.29 is 0 Å². The molecule has 0 aromatic rings. The maximum absolute atomic E-state index is 3.67. The summed E-state index contributed by atoms with van der Waals surface area (Å²) in [5, 5.41) is 3.67. The summed E-state index contributed by atoms with van der Waals surface area (Å²) in [4.78, 5) is 0. The van der Waals surface area contributed by atoms with E-state index < -0.39 is 0 Å². The molecular formula is C12H25N. The second kappa shape index (κ2) is 4.45. The molecule has 1 N–H and O–H groups in total. The summed E-state index contributed by atoms with van der Waals surface area (Å²) in [6.07, 6.45) is 5.71. The standard InChI is InChI=1S/C10H19N.C2H6/c1-8-4-3-5-10(2)6-9(8)7-11-10;1-2/h8-9,11H,3-7H2,1-2H3;1-2H3. The topological polar surface area (TPSA) is 12.0 Å². The Kier molecular flexibility index (Phi) is 3.78. The van der Waals surface area contributed by atoms with E-state index in [1.54, 1.807) is 0 Å². The highest BCUT2D eigenvalue weighted by atomic mass is 15.0. The van der Waals surface area contributed by atoms with Gasteiger partial charge in [0.15, 0.2) is 0 Å². The van der Waals surface area contributed by atoms with E-state index in [4.69, 9.17) is 0 Å². The largest absolute Gasteiger partial charge is 0.311 e. The van der Waals surface area contributed by atoms with Gasteiger partial charge < -0.3 is 5.32 Å². The molecule has 1 saturated heterocycles. The Morgan fingerprint density at radius 2 is 2.00 bits per heavy atom. The molecule has 1 nitrogen and oxygen atoms in total. The average Bonchev–Trinajstić information content (AvgIpc) is 2.45. The van der Waals surface area contributed by atoms with Crippen LogP contribution in [-0.4, -0.2) is 12.1 Å². The lowest BCUT2D eigenvalue weighted by Crippen LogP contribution is -2.36. The molecule has 2 aliphatic rings. The van der Waals surface area contributed by atoms with Gasteiger partial charge >= 0.3 is 0 Å². The molecule has 13 heavy (non-hydrogen) atoms. The first-order valence-corrected chi connectivity index (χ1v) is 5.95. The monoisotopic (exact) mass is 183 g/mol. The number of nitrogens with one attached hydrogen (secondary N) is 1. The lowest BCUT2D eigenvalue weighted by molar-refractivity contribution is 0.363. The number of fused-ring (bicyclic) bond motifs is 2. The minimum atomic E-state index is 0.509. The van der Waals surface area contributed by atoms with Crippen LogP contribution < -0.4 is 5.32 Å². The van der Waals surface area contributed by atoms with Gasteiger partial charge in [0.1, 0.15) is 0 Å². The highest BCUT2D eigenvalue weighted by molar-refractivity contribution is 4.96. The summed E-state index contributed by atoms with van der Waals surface area (Å²) >= 11 is 0. The lowest BCUT2D eigenvalue weighted by Gasteiger charge is -2.23. The van der Waals surface area contributed by atoms with Crippen LogP contribution in [0.2, 0.25) is 0 Å². The molecule has 1 aliphatic heterocycles. The van der Waals surface area contributed by atoms with Crippen LogP contribution >= 0.6 is 0 Å². The van der Waals surface area contributed by atoms with Crippen LogP contribution in [0.15, 0.2) is 0 Å². The first-order valence-electron chi connectivity index (χ1n) is 5.95. The minimum Gasteiger partial charge on any atom is -0.311 e. The molecule has 0 aromatic heterocycles. The molecule has 2 fully saturated rings. The number of hydrogen-bond donors (Lipinski definition) is 1. The smallest absolute Gasteiger partial charge is 0.0156 e. The molecule has 1 heteroatoms. The Morgan fingerprint density at radius 1 is 1.31 bits per heavy atom. The maximum Gasteiger partial charge on any atom is 0.0156 e. The molecule has 2 bridgehead atoms. The molecule has 0 spiro atoms. The van der Waals surface area contributed by atoms with Crippen molar-refractivity contribution in [2.75, 3.05) is 6.54 Å².